The van der Waals surface area contributed by atoms with E-state index in [0.29, 0.717) is 25.5 Å². The Bertz CT molecular complexity index is 818. The Hall–Kier alpha value is -1.88. The number of carbonyl (C=O) groups excluding carboxylic acids is 1. The number of nitrogens with two attached hydrogens (primary N) is 1. The minimum atomic E-state index is 0. The predicted octanol–water partition coefficient (Wildman–Crippen LogP) is 2.52. The maximum Gasteiger partial charge on any atom is 0.222 e. The Balaban J connectivity index is 0.00000240. The summed E-state index contributed by atoms with van der Waals surface area (Å²) in [5.41, 5.74) is 8.50. The number of hydrogen-bond acceptors (Lipinski definition) is 5. The van der Waals surface area contributed by atoms with Gasteiger partial charge >= 0.3 is 0 Å². The van der Waals surface area contributed by atoms with E-state index in [2.05, 4.69) is 44.0 Å². The lowest BCUT2D eigenvalue weighted by molar-refractivity contribution is -0.128. The molecule has 2 saturated heterocycles. The minimum absolute atomic E-state index is 0. The molecule has 7 nitrogen and oxygen atoms in total. The number of anilines is 1. The molecule has 156 valence electrons. The molecule has 0 atom stereocenters. The van der Waals surface area contributed by atoms with Crippen LogP contribution in [0.25, 0.3) is 0 Å². The molecular weight excluding hydrogens is 499 g/mol. The summed E-state index contributed by atoms with van der Waals surface area (Å²) in [7, 11) is 0. The van der Waals surface area contributed by atoms with E-state index >= 15 is 0 Å². The fourth-order valence-electron chi connectivity index (χ4n) is 3.61. The summed E-state index contributed by atoms with van der Waals surface area (Å²) >= 11 is 1.67. The van der Waals surface area contributed by atoms with Crippen LogP contribution < -0.4 is 10.6 Å². The molecule has 0 bridgehead atoms. The van der Waals surface area contributed by atoms with Crippen molar-refractivity contribution in [2.75, 3.05) is 37.6 Å². The first-order valence-electron chi connectivity index (χ1n) is 9.74. The Kier molecular flexibility index (Phi) is 7.70. The van der Waals surface area contributed by atoms with Gasteiger partial charge in [0.05, 0.1) is 6.54 Å². The SMILES string of the molecule is I.NC(=NCc1ccc(CN2CCCC2=O)cc1)N1CCN(c2nccs2)CC1. The van der Waals surface area contributed by atoms with Crippen LogP contribution in [-0.2, 0) is 17.9 Å². The summed E-state index contributed by atoms with van der Waals surface area (Å²) in [4.78, 5) is 27.0. The third kappa shape index (κ3) is 5.59. The van der Waals surface area contributed by atoms with Crippen LogP contribution >= 0.6 is 35.3 Å². The fraction of sp³-hybridized carbons (Fsp3) is 0.450. The number of rotatable bonds is 5. The molecule has 0 aliphatic carbocycles. The highest BCUT2D eigenvalue weighted by Crippen LogP contribution is 2.19. The number of carbonyl (C=O) groups is 1. The number of likely N-dealkylation sites (tertiary alicyclic amines) is 1. The van der Waals surface area contributed by atoms with Crippen molar-refractivity contribution in [2.45, 2.75) is 25.9 Å². The molecule has 1 aromatic carbocycles. The second-order valence-corrected chi connectivity index (χ2v) is 8.07. The lowest BCUT2D eigenvalue weighted by Gasteiger charge is -2.35. The summed E-state index contributed by atoms with van der Waals surface area (Å²) in [6, 6.07) is 8.32. The molecule has 29 heavy (non-hydrogen) atoms. The molecule has 2 aliphatic rings. The summed E-state index contributed by atoms with van der Waals surface area (Å²) in [5, 5.41) is 3.08. The third-order valence-corrected chi connectivity index (χ3v) is 6.12. The van der Waals surface area contributed by atoms with Crippen LogP contribution in [0.1, 0.15) is 24.0 Å². The van der Waals surface area contributed by atoms with Gasteiger partial charge in [0.2, 0.25) is 5.91 Å². The van der Waals surface area contributed by atoms with E-state index in [9.17, 15) is 4.79 Å². The highest BCUT2D eigenvalue weighted by Gasteiger charge is 2.20. The van der Waals surface area contributed by atoms with Crippen molar-refractivity contribution >= 4 is 52.3 Å². The number of nitrogens with zero attached hydrogens (tertiary/aromatic N) is 5. The van der Waals surface area contributed by atoms with E-state index < -0.39 is 0 Å². The average Bonchev–Trinajstić information content (AvgIpc) is 3.40. The molecule has 0 spiro atoms. The molecule has 9 heteroatoms. The fourth-order valence-corrected chi connectivity index (χ4v) is 4.31. The van der Waals surface area contributed by atoms with Crippen molar-refractivity contribution in [3.63, 3.8) is 0 Å². The largest absolute Gasteiger partial charge is 0.370 e. The number of guanidine groups is 1. The zero-order chi connectivity index (χ0) is 19.3. The van der Waals surface area contributed by atoms with Gasteiger partial charge in [0.15, 0.2) is 11.1 Å². The first-order valence-corrected chi connectivity index (χ1v) is 10.6. The van der Waals surface area contributed by atoms with Crippen molar-refractivity contribution in [2.24, 2.45) is 10.7 Å². The summed E-state index contributed by atoms with van der Waals surface area (Å²) in [6.45, 7) is 5.68. The number of aliphatic imine (C=N–C) groups is 1. The van der Waals surface area contributed by atoms with Crippen LogP contribution in [0.2, 0.25) is 0 Å². The normalized spacial score (nSPS) is 17.6. The van der Waals surface area contributed by atoms with Crippen LogP contribution in [0.4, 0.5) is 5.13 Å². The maximum atomic E-state index is 11.7. The van der Waals surface area contributed by atoms with Gasteiger partial charge in [0.1, 0.15) is 0 Å². The summed E-state index contributed by atoms with van der Waals surface area (Å²) in [5.74, 6) is 0.863. The zero-order valence-electron chi connectivity index (χ0n) is 16.4. The monoisotopic (exact) mass is 526 g/mol. The lowest BCUT2D eigenvalue weighted by atomic mass is 10.1. The standard InChI is InChI=1S/C20H26N6OS.HI/c21-19(24-9-11-25(12-10-24)20-22-7-13-28-20)23-14-16-3-5-17(6-4-16)15-26-8-1-2-18(26)27;/h3-7,13H,1-2,8-12,14-15H2,(H2,21,23);1H. The Morgan fingerprint density at radius 1 is 1.10 bits per heavy atom. The van der Waals surface area contributed by atoms with Gasteiger partial charge in [-0.05, 0) is 17.5 Å². The highest BCUT2D eigenvalue weighted by atomic mass is 127. The van der Waals surface area contributed by atoms with Gasteiger partial charge in [-0.1, -0.05) is 24.3 Å². The smallest absolute Gasteiger partial charge is 0.222 e. The molecule has 2 N–H and O–H groups in total. The zero-order valence-corrected chi connectivity index (χ0v) is 19.5. The molecule has 2 aliphatic heterocycles. The molecule has 0 unspecified atom stereocenters. The number of halogens is 1. The van der Waals surface area contributed by atoms with Crippen molar-refractivity contribution in [1.29, 1.82) is 0 Å². The van der Waals surface area contributed by atoms with Gasteiger partial charge in [-0.25, -0.2) is 9.98 Å². The minimum Gasteiger partial charge on any atom is -0.370 e. The van der Waals surface area contributed by atoms with E-state index in [-0.39, 0.29) is 29.9 Å². The molecule has 2 fully saturated rings. The highest BCUT2D eigenvalue weighted by molar-refractivity contribution is 14.0. The van der Waals surface area contributed by atoms with E-state index in [0.717, 1.165) is 55.4 Å². The van der Waals surface area contributed by atoms with Crippen molar-refractivity contribution in [3.8, 4) is 0 Å². The Morgan fingerprint density at radius 2 is 1.83 bits per heavy atom. The van der Waals surface area contributed by atoms with Gasteiger partial charge in [0.25, 0.3) is 0 Å². The number of piperazine rings is 1. The summed E-state index contributed by atoms with van der Waals surface area (Å²) in [6.07, 6.45) is 3.50. The first-order chi connectivity index (χ1) is 13.7. The third-order valence-electron chi connectivity index (χ3n) is 5.28. The van der Waals surface area contributed by atoms with Crippen molar-refractivity contribution in [1.82, 2.24) is 14.8 Å². The van der Waals surface area contributed by atoms with E-state index in [4.69, 9.17) is 5.73 Å². The topological polar surface area (TPSA) is 78.1 Å². The number of hydrogen-bond donors (Lipinski definition) is 1. The van der Waals surface area contributed by atoms with Crippen LogP contribution in [0.5, 0.6) is 0 Å². The number of aromatic nitrogens is 1. The Morgan fingerprint density at radius 3 is 2.45 bits per heavy atom. The predicted molar refractivity (Wildman–Crippen MR) is 128 cm³/mol. The van der Waals surface area contributed by atoms with Gasteiger partial charge in [-0.15, -0.1) is 35.3 Å². The van der Waals surface area contributed by atoms with E-state index in [1.54, 1.807) is 11.3 Å². The molecule has 4 rings (SSSR count). The van der Waals surface area contributed by atoms with Gasteiger partial charge < -0.3 is 20.4 Å². The molecule has 1 amide bonds. The number of benzene rings is 1. The van der Waals surface area contributed by atoms with E-state index in [1.165, 1.54) is 0 Å². The number of amides is 1. The van der Waals surface area contributed by atoms with Crippen LogP contribution in [0.3, 0.4) is 0 Å². The van der Waals surface area contributed by atoms with Gasteiger partial charge in [0, 0.05) is 57.3 Å². The quantitative estimate of drug-likeness (QED) is 0.368. The molecule has 0 radical (unpaired) electrons. The van der Waals surface area contributed by atoms with Crippen LogP contribution in [-0.4, -0.2) is 59.4 Å². The molecule has 3 heterocycles. The lowest BCUT2D eigenvalue weighted by Crippen LogP contribution is -2.51. The van der Waals surface area contributed by atoms with Crippen molar-refractivity contribution < 1.29 is 4.79 Å². The van der Waals surface area contributed by atoms with Crippen LogP contribution in [0, 0.1) is 0 Å². The summed E-state index contributed by atoms with van der Waals surface area (Å²) < 4.78 is 0. The number of thiazole rings is 1. The average molecular weight is 526 g/mol. The van der Waals surface area contributed by atoms with E-state index in [1.807, 2.05) is 16.5 Å². The first kappa shape index (κ1) is 21.8. The van der Waals surface area contributed by atoms with Gasteiger partial charge in [-0.3, -0.25) is 4.79 Å². The van der Waals surface area contributed by atoms with Crippen LogP contribution in [0.15, 0.2) is 40.8 Å². The second-order valence-electron chi connectivity index (χ2n) is 7.20. The van der Waals surface area contributed by atoms with Gasteiger partial charge in [-0.2, -0.15) is 0 Å². The van der Waals surface area contributed by atoms with Crippen molar-refractivity contribution in [3.05, 3.63) is 47.0 Å². The molecule has 1 aromatic heterocycles. The molecule has 2 aromatic rings. The molecule has 0 saturated carbocycles. The molecular formula is C20H27IN6OS. The maximum absolute atomic E-state index is 11.7. The Labute approximate surface area is 192 Å². The second kappa shape index (κ2) is 10.2.